The number of carbonyl (C=O) groups excluding carboxylic acids is 1. The van der Waals surface area contributed by atoms with E-state index >= 15 is 0 Å². The lowest BCUT2D eigenvalue weighted by atomic mass is 10.1. The number of hydrogen-bond acceptors (Lipinski definition) is 7. The van der Waals surface area contributed by atoms with E-state index in [1.165, 1.54) is 5.69 Å². The summed E-state index contributed by atoms with van der Waals surface area (Å²) in [5, 5.41) is 0. The number of benzene rings is 1. The van der Waals surface area contributed by atoms with Gasteiger partial charge < -0.3 is 26.1 Å². The lowest BCUT2D eigenvalue weighted by molar-refractivity contribution is -0.107. The van der Waals surface area contributed by atoms with Crippen molar-refractivity contribution >= 4 is 29.4 Å². The maximum absolute atomic E-state index is 10.6. The van der Waals surface area contributed by atoms with Gasteiger partial charge in [0.2, 0.25) is 5.95 Å². The number of nitrogens with two attached hydrogens (primary N) is 2. The molecule has 4 N–H and O–H groups in total. The molecule has 0 amide bonds. The lowest BCUT2D eigenvalue weighted by Gasteiger charge is -2.38. The van der Waals surface area contributed by atoms with Gasteiger partial charge in [-0.05, 0) is 24.6 Å². The highest BCUT2D eigenvalue weighted by Gasteiger charge is 2.22. The second kappa shape index (κ2) is 6.74. The predicted octanol–water partition coefficient (Wildman–Crippen LogP) is 1.02. The molecule has 7 nitrogen and oxygen atoms in total. The summed E-state index contributed by atoms with van der Waals surface area (Å²) in [4.78, 5) is 23.4. The van der Waals surface area contributed by atoms with Crippen LogP contribution in [0.15, 0.2) is 24.3 Å². The maximum Gasteiger partial charge on any atom is 0.222 e. The van der Waals surface area contributed by atoms with E-state index in [0.29, 0.717) is 12.2 Å². The Hall–Kier alpha value is -2.83. The molecule has 2 heterocycles. The summed E-state index contributed by atoms with van der Waals surface area (Å²) in [7, 11) is 0. The molecule has 0 radical (unpaired) electrons. The first kappa shape index (κ1) is 16.0. The Morgan fingerprint density at radius 3 is 2.25 bits per heavy atom. The highest BCUT2D eigenvalue weighted by atomic mass is 16.1. The van der Waals surface area contributed by atoms with Gasteiger partial charge in [0.1, 0.15) is 12.0 Å². The summed E-state index contributed by atoms with van der Waals surface area (Å²) in [5.41, 5.74) is 15.6. The van der Waals surface area contributed by atoms with Crippen LogP contribution in [0.3, 0.4) is 0 Å². The average molecular weight is 326 g/mol. The van der Waals surface area contributed by atoms with Crippen molar-refractivity contribution in [2.24, 2.45) is 0 Å². The third-order valence-electron chi connectivity index (χ3n) is 4.32. The molecule has 0 unspecified atom stereocenters. The fraction of sp³-hybridized carbons (Fsp3) is 0.353. The second-order valence-electron chi connectivity index (χ2n) is 5.91. The largest absolute Gasteiger partial charge is 0.382 e. The van der Waals surface area contributed by atoms with E-state index in [9.17, 15) is 4.79 Å². The number of aldehydes is 1. The minimum absolute atomic E-state index is 0.211. The molecule has 3 rings (SSSR count). The minimum Gasteiger partial charge on any atom is -0.382 e. The van der Waals surface area contributed by atoms with Crippen molar-refractivity contribution in [3.63, 3.8) is 0 Å². The van der Waals surface area contributed by atoms with Gasteiger partial charge >= 0.3 is 0 Å². The Morgan fingerprint density at radius 2 is 1.67 bits per heavy atom. The molecular formula is C17H22N6O. The highest BCUT2D eigenvalue weighted by molar-refractivity contribution is 5.68. The maximum atomic E-state index is 10.6. The standard InChI is InChI=1S/C17H22N6O/c1-12-15(16(18)21-17(19)20-12)23-9-7-22(8-10-23)14-4-2-13(3-5-14)6-11-24/h2-5,11H,6-10H2,1H3,(H4,18,19,20,21). The van der Waals surface area contributed by atoms with E-state index < -0.39 is 0 Å². The molecule has 7 heteroatoms. The number of carbonyl (C=O) groups is 1. The SMILES string of the molecule is Cc1nc(N)nc(N)c1N1CCN(c2ccc(CC=O)cc2)CC1. The molecule has 0 bridgehead atoms. The Morgan fingerprint density at radius 1 is 1.04 bits per heavy atom. The molecule has 0 spiro atoms. The number of piperazine rings is 1. The quantitative estimate of drug-likeness (QED) is 0.809. The summed E-state index contributed by atoms with van der Waals surface area (Å²) in [6.07, 6.45) is 1.39. The predicted molar refractivity (Wildman–Crippen MR) is 96.2 cm³/mol. The molecule has 1 aliphatic heterocycles. The van der Waals surface area contributed by atoms with Crippen LogP contribution in [0.25, 0.3) is 0 Å². The van der Waals surface area contributed by atoms with E-state index in [-0.39, 0.29) is 5.95 Å². The van der Waals surface area contributed by atoms with E-state index in [1.54, 1.807) is 0 Å². The minimum atomic E-state index is 0.211. The normalized spacial score (nSPS) is 14.7. The van der Waals surface area contributed by atoms with Crippen LogP contribution in [0, 0.1) is 6.92 Å². The van der Waals surface area contributed by atoms with Crippen molar-refractivity contribution < 1.29 is 4.79 Å². The summed E-state index contributed by atoms with van der Waals surface area (Å²) in [6.45, 7) is 5.36. The first-order chi connectivity index (χ1) is 11.6. The van der Waals surface area contributed by atoms with Crippen molar-refractivity contribution in [2.45, 2.75) is 13.3 Å². The Bertz CT molecular complexity index is 699. The fourth-order valence-corrected chi connectivity index (χ4v) is 3.13. The molecule has 1 fully saturated rings. The van der Waals surface area contributed by atoms with Gasteiger partial charge in [0, 0.05) is 38.3 Å². The van der Waals surface area contributed by atoms with E-state index in [0.717, 1.165) is 49.4 Å². The van der Waals surface area contributed by atoms with Crippen LogP contribution in [-0.2, 0) is 11.2 Å². The molecule has 1 aliphatic rings. The molecule has 0 saturated carbocycles. The highest BCUT2D eigenvalue weighted by Crippen LogP contribution is 2.27. The van der Waals surface area contributed by atoms with Crippen LogP contribution >= 0.6 is 0 Å². The van der Waals surface area contributed by atoms with E-state index in [2.05, 4.69) is 31.9 Å². The first-order valence-electron chi connectivity index (χ1n) is 8.00. The monoisotopic (exact) mass is 326 g/mol. The average Bonchev–Trinajstić information content (AvgIpc) is 2.56. The summed E-state index contributed by atoms with van der Waals surface area (Å²) < 4.78 is 0. The molecule has 0 atom stereocenters. The number of hydrogen-bond donors (Lipinski definition) is 2. The topological polar surface area (TPSA) is 101 Å². The first-order valence-corrected chi connectivity index (χ1v) is 8.00. The Labute approximate surface area is 141 Å². The van der Waals surface area contributed by atoms with Crippen LogP contribution in [0.5, 0.6) is 0 Å². The summed E-state index contributed by atoms with van der Waals surface area (Å²) >= 11 is 0. The molecule has 1 saturated heterocycles. The van der Waals surface area contributed by atoms with Crippen molar-refractivity contribution in [2.75, 3.05) is 47.4 Å². The van der Waals surface area contributed by atoms with Gasteiger partial charge in [-0.25, -0.2) is 4.98 Å². The van der Waals surface area contributed by atoms with Crippen LogP contribution in [0.1, 0.15) is 11.3 Å². The van der Waals surface area contributed by atoms with Gasteiger partial charge in [0.15, 0.2) is 5.82 Å². The fourth-order valence-electron chi connectivity index (χ4n) is 3.13. The summed E-state index contributed by atoms with van der Waals surface area (Å²) in [6, 6.07) is 8.15. The van der Waals surface area contributed by atoms with Gasteiger partial charge in [-0.15, -0.1) is 0 Å². The van der Waals surface area contributed by atoms with Gasteiger partial charge in [-0.2, -0.15) is 4.98 Å². The van der Waals surface area contributed by atoms with Crippen molar-refractivity contribution in [3.05, 3.63) is 35.5 Å². The Balaban J connectivity index is 1.68. The zero-order valence-electron chi connectivity index (χ0n) is 13.8. The number of nitrogens with zero attached hydrogens (tertiary/aromatic N) is 4. The van der Waals surface area contributed by atoms with Gasteiger partial charge in [0.25, 0.3) is 0 Å². The number of anilines is 4. The molecule has 1 aromatic carbocycles. The third-order valence-corrected chi connectivity index (χ3v) is 4.32. The summed E-state index contributed by atoms with van der Waals surface area (Å²) in [5.74, 6) is 0.648. The second-order valence-corrected chi connectivity index (χ2v) is 5.91. The number of nitrogen functional groups attached to an aromatic ring is 2. The van der Waals surface area contributed by atoms with E-state index in [1.807, 2.05) is 19.1 Å². The molecule has 24 heavy (non-hydrogen) atoms. The van der Waals surface area contributed by atoms with Crippen molar-refractivity contribution in [1.82, 2.24) is 9.97 Å². The number of rotatable bonds is 4. The number of aromatic nitrogens is 2. The van der Waals surface area contributed by atoms with Crippen LogP contribution in [0.2, 0.25) is 0 Å². The number of aryl methyl sites for hydroxylation is 1. The molecule has 1 aromatic heterocycles. The van der Waals surface area contributed by atoms with Gasteiger partial charge in [-0.3, -0.25) is 0 Å². The molecule has 2 aromatic rings. The van der Waals surface area contributed by atoms with Crippen LogP contribution in [0.4, 0.5) is 23.1 Å². The van der Waals surface area contributed by atoms with Crippen molar-refractivity contribution in [3.8, 4) is 0 Å². The molecule has 0 aliphatic carbocycles. The van der Waals surface area contributed by atoms with Crippen LogP contribution < -0.4 is 21.3 Å². The zero-order chi connectivity index (χ0) is 17.1. The van der Waals surface area contributed by atoms with Crippen molar-refractivity contribution in [1.29, 1.82) is 0 Å². The van der Waals surface area contributed by atoms with E-state index in [4.69, 9.17) is 11.5 Å². The third kappa shape index (κ3) is 3.24. The van der Waals surface area contributed by atoms with Crippen LogP contribution in [-0.4, -0.2) is 42.4 Å². The molecule has 126 valence electrons. The molecular weight excluding hydrogens is 304 g/mol. The Kier molecular flexibility index (Phi) is 4.50. The van der Waals surface area contributed by atoms with Gasteiger partial charge in [-0.1, -0.05) is 12.1 Å². The zero-order valence-corrected chi connectivity index (χ0v) is 13.8. The smallest absolute Gasteiger partial charge is 0.222 e. The van der Waals surface area contributed by atoms with Gasteiger partial charge in [0.05, 0.1) is 5.69 Å². The lowest BCUT2D eigenvalue weighted by Crippen LogP contribution is -2.47.